The number of rotatable bonds is 6. The van der Waals surface area contributed by atoms with Crippen LogP contribution in [-0.4, -0.2) is 45.8 Å². The molecule has 0 heterocycles. The summed E-state index contributed by atoms with van der Waals surface area (Å²) in [5.74, 6) is -1.14. The van der Waals surface area contributed by atoms with Crippen molar-refractivity contribution in [3.05, 3.63) is 0 Å². The van der Waals surface area contributed by atoms with Gasteiger partial charge in [0.15, 0.2) is 0 Å². The summed E-state index contributed by atoms with van der Waals surface area (Å²) >= 11 is 0. The van der Waals surface area contributed by atoms with Crippen molar-refractivity contribution in [1.29, 1.82) is 0 Å². The van der Waals surface area contributed by atoms with E-state index in [4.69, 9.17) is 14.9 Å². The Morgan fingerprint density at radius 1 is 1.18 bits per heavy atom. The third kappa shape index (κ3) is 25.6. The largest absolute Gasteiger partial charge is 0.480 e. The molecular weight excluding hydrogens is 247 g/mol. The molecule has 0 fully saturated rings. The maximum absolute atomic E-state index is 10.1. The van der Waals surface area contributed by atoms with E-state index in [0.717, 1.165) is 0 Å². The van der Waals surface area contributed by atoms with Gasteiger partial charge in [0, 0.05) is 12.1 Å². The molecule has 0 unspecified atom stereocenters. The molecule has 17 heavy (non-hydrogen) atoms. The molecule has 0 saturated heterocycles. The van der Waals surface area contributed by atoms with Crippen molar-refractivity contribution in [2.45, 2.75) is 39.8 Å². The summed E-state index contributed by atoms with van der Waals surface area (Å²) in [5, 5.41) is 13.4. The maximum Gasteiger partial charge on any atom is 0.339 e. The van der Waals surface area contributed by atoms with Crippen LogP contribution in [0.1, 0.15) is 27.7 Å². The maximum atomic E-state index is 10.1. The van der Waals surface area contributed by atoms with Crippen LogP contribution in [0.3, 0.4) is 0 Å². The van der Waals surface area contributed by atoms with Gasteiger partial charge in [-0.1, -0.05) is 27.7 Å². The predicted molar refractivity (Wildman–Crippen MR) is 66.0 cm³/mol. The molecule has 0 aliphatic rings. The fraction of sp³-hybridized carbons (Fsp3) is 0.889. The second-order valence-electron chi connectivity index (χ2n) is 4.12. The van der Waals surface area contributed by atoms with Gasteiger partial charge in [-0.2, -0.15) is 0 Å². The molecule has 0 bridgehead atoms. The Bertz CT molecular complexity index is 246. The van der Waals surface area contributed by atoms with Crippen molar-refractivity contribution in [1.82, 2.24) is 10.6 Å². The van der Waals surface area contributed by atoms with Gasteiger partial charge in [0.25, 0.3) is 0 Å². The second kappa shape index (κ2) is 9.56. The molecule has 7 nitrogen and oxygen atoms in total. The highest BCUT2D eigenvalue weighted by Gasteiger charge is 2.11. The molecule has 0 aromatic heterocycles. The van der Waals surface area contributed by atoms with E-state index in [2.05, 4.69) is 38.3 Å². The highest BCUT2D eigenvalue weighted by molar-refractivity contribution is 7.51. The zero-order valence-corrected chi connectivity index (χ0v) is 11.6. The van der Waals surface area contributed by atoms with E-state index in [1.807, 2.05) is 0 Å². The van der Waals surface area contributed by atoms with Crippen molar-refractivity contribution in [2.75, 3.05) is 12.8 Å². The molecule has 0 rings (SSSR count). The number of carboxylic acid groups (broad SMARTS) is 1. The highest BCUT2D eigenvalue weighted by Crippen LogP contribution is 2.31. The Morgan fingerprint density at radius 3 is 1.76 bits per heavy atom. The number of carboxylic acids is 1. The first kappa shape index (κ1) is 18.9. The van der Waals surface area contributed by atoms with E-state index in [-0.39, 0.29) is 0 Å². The van der Waals surface area contributed by atoms with Gasteiger partial charge in [0.2, 0.25) is 0 Å². The molecule has 0 aliphatic carbocycles. The van der Waals surface area contributed by atoms with Crippen LogP contribution in [0, 0.1) is 0 Å². The molecule has 0 spiro atoms. The molecule has 0 aliphatic heterocycles. The topological polar surface area (TPSA) is 119 Å². The van der Waals surface area contributed by atoms with Crippen molar-refractivity contribution in [3.8, 4) is 0 Å². The Hall–Kier alpha value is -0.460. The number of aliphatic carboxylic acids is 1. The van der Waals surface area contributed by atoms with Gasteiger partial charge < -0.3 is 20.2 Å². The van der Waals surface area contributed by atoms with E-state index >= 15 is 0 Å². The van der Waals surface area contributed by atoms with Gasteiger partial charge in [-0.25, -0.2) is 0 Å². The minimum atomic E-state index is -4.10. The lowest BCUT2D eigenvalue weighted by molar-refractivity contribution is -0.135. The number of hydrogen-bond acceptors (Lipinski definition) is 4. The number of nitrogens with one attached hydrogen (secondary N) is 2. The van der Waals surface area contributed by atoms with Gasteiger partial charge in [0.05, 0.1) is 12.8 Å². The fourth-order valence-electron chi connectivity index (χ4n) is 0.975. The van der Waals surface area contributed by atoms with Crippen LogP contribution >= 0.6 is 7.60 Å². The summed E-state index contributed by atoms with van der Waals surface area (Å²) in [6, 6.07) is 1.25. The summed E-state index contributed by atoms with van der Waals surface area (Å²) in [7, 11) is -4.10. The van der Waals surface area contributed by atoms with Crippen LogP contribution in [0.15, 0.2) is 0 Å². The lowest BCUT2D eigenvalue weighted by atomic mass is 10.3. The Kier molecular flexibility index (Phi) is 10.6. The quantitative estimate of drug-likeness (QED) is 0.437. The van der Waals surface area contributed by atoms with Crippen LogP contribution in [0.2, 0.25) is 0 Å². The average Bonchev–Trinajstić information content (AvgIpc) is 1.97. The monoisotopic (exact) mass is 270 g/mol. The van der Waals surface area contributed by atoms with Gasteiger partial charge in [-0.05, 0) is 0 Å². The van der Waals surface area contributed by atoms with Crippen LogP contribution in [0.25, 0.3) is 0 Å². The SMILES string of the molecule is CC(C)NC(C)C.O=C(O)CNCP(=O)(O)O. The van der Waals surface area contributed by atoms with Crippen molar-refractivity contribution < 1.29 is 24.3 Å². The zero-order chi connectivity index (χ0) is 14.1. The number of carbonyl (C=O) groups is 1. The van der Waals surface area contributed by atoms with Gasteiger partial charge in [-0.15, -0.1) is 0 Å². The minimum absolute atomic E-state index is 0.439. The lowest BCUT2D eigenvalue weighted by Gasteiger charge is -2.10. The first-order valence-corrected chi connectivity index (χ1v) is 7.07. The van der Waals surface area contributed by atoms with E-state index < -0.39 is 26.4 Å². The molecule has 0 radical (unpaired) electrons. The molecule has 0 aromatic rings. The summed E-state index contributed by atoms with van der Waals surface area (Å²) < 4.78 is 10.1. The van der Waals surface area contributed by atoms with Crippen LogP contribution < -0.4 is 10.6 Å². The van der Waals surface area contributed by atoms with Crippen molar-refractivity contribution in [2.24, 2.45) is 0 Å². The summed E-state index contributed by atoms with van der Waals surface area (Å²) in [5.41, 5.74) is 0. The molecule has 0 atom stereocenters. The smallest absolute Gasteiger partial charge is 0.339 e. The lowest BCUT2D eigenvalue weighted by Crippen LogP contribution is -2.29. The summed E-state index contributed by atoms with van der Waals surface area (Å²) in [4.78, 5) is 26.1. The molecule has 104 valence electrons. The summed E-state index contributed by atoms with van der Waals surface area (Å²) in [6.45, 7) is 8.17. The normalized spacial score (nSPS) is 11.3. The molecular formula is C9H23N2O5P. The van der Waals surface area contributed by atoms with Crippen molar-refractivity contribution >= 4 is 13.6 Å². The third-order valence-electron chi connectivity index (χ3n) is 1.26. The van der Waals surface area contributed by atoms with E-state index in [1.165, 1.54) is 0 Å². The predicted octanol–water partition coefficient (Wildman–Crippen LogP) is 0.189. The highest BCUT2D eigenvalue weighted by atomic mass is 31.2. The molecule has 8 heteroatoms. The Balaban J connectivity index is 0. The van der Waals surface area contributed by atoms with Crippen LogP contribution in [0.4, 0.5) is 0 Å². The van der Waals surface area contributed by atoms with Gasteiger partial charge in [-0.3, -0.25) is 14.7 Å². The zero-order valence-electron chi connectivity index (χ0n) is 10.7. The average molecular weight is 270 g/mol. The third-order valence-corrected chi connectivity index (χ3v) is 1.90. The molecule has 0 amide bonds. The van der Waals surface area contributed by atoms with Gasteiger partial charge in [0.1, 0.15) is 0 Å². The molecule has 5 N–H and O–H groups in total. The molecule has 0 aromatic carbocycles. The first-order chi connectivity index (χ1) is 7.54. The van der Waals surface area contributed by atoms with Gasteiger partial charge >= 0.3 is 13.6 Å². The Morgan fingerprint density at radius 2 is 1.59 bits per heavy atom. The van der Waals surface area contributed by atoms with Crippen molar-refractivity contribution in [3.63, 3.8) is 0 Å². The van der Waals surface area contributed by atoms with Crippen LogP contribution in [0.5, 0.6) is 0 Å². The van der Waals surface area contributed by atoms with Crippen LogP contribution in [-0.2, 0) is 9.36 Å². The summed E-state index contributed by atoms with van der Waals surface area (Å²) in [6.07, 6.45) is -0.598. The van der Waals surface area contributed by atoms with E-state index in [0.29, 0.717) is 12.1 Å². The number of hydrogen-bond donors (Lipinski definition) is 5. The first-order valence-electron chi connectivity index (χ1n) is 5.27. The minimum Gasteiger partial charge on any atom is -0.480 e. The second-order valence-corrected chi connectivity index (χ2v) is 5.76. The van der Waals surface area contributed by atoms with E-state index in [9.17, 15) is 9.36 Å². The van der Waals surface area contributed by atoms with E-state index in [1.54, 1.807) is 0 Å². The molecule has 0 saturated carbocycles. The fourth-order valence-corrected chi connectivity index (χ4v) is 1.38. The Labute approximate surface area is 102 Å². The standard InChI is InChI=1S/C6H15N.C3H8NO5P/c1-5(2)7-6(3)4;5-3(6)1-4-2-10(7,8)9/h5-7H,1-4H3;4H,1-2H2,(H,5,6)(H2,7,8,9).